The van der Waals surface area contributed by atoms with Crippen molar-refractivity contribution >= 4 is 28.3 Å². The van der Waals surface area contributed by atoms with Crippen molar-refractivity contribution in [1.82, 2.24) is 10.9 Å². The number of quaternary nitrogens is 1. The Morgan fingerprint density at radius 3 is 2.29 bits per heavy atom. The third-order valence-electron chi connectivity index (χ3n) is 5.54. The van der Waals surface area contributed by atoms with Gasteiger partial charge in [-0.3, -0.25) is 20.4 Å². The molecule has 0 fully saturated rings. The largest absolute Gasteiger partial charge is 0.372 e. The summed E-state index contributed by atoms with van der Waals surface area (Å²) in [7, 11) is 0. The number of anilines is 1. The maximum Gasteiger partial charge on any atom is 0.293 e. The molecule has 0 spiro atoms. The quantitative estimate of drug-likeness (QED) is 0.492. The van der Waals surface area contributed by atoms with Crippen molar-refractivity contribution < 1.29 is 14.9 Å². The fraction of sp³-hybridized carbons (Fsp3) is 0.280. The standard InChI is InChI=1S/C25H30N4O2/c1-4-29(5-2)21-15-13-20(14-16-21)25(31)28-27-24(30)17-26-18(3)22-12-8-10-19-9-6-7-11-23(19)22/h6-16,18,26H,4-5,17H2,1-3H3,(H,27,30)(H,28,31)/p+1/t18-/m1/s1. The molecule has 3 aromatic rings. The van der Waals surface area contributed by atoms with E-state index in [2.05, 4.69) is 60.8 Å². The van der Waals surface area contributed by atoms with Gasteiger partial charge in [0.1, 0.15) is 6.04 Å². The Bertz CT molecular complexity index is 1020. The first kappa shape index (κ1) is 22.3. The Labute approximate surface area is 183 Å². The van der Waals surface area contributed by atoms with Crippen LogP contribution in [-0.2, 0) is 4.79 Å². The van der Waals surface area contributed by atoms with E-state index in [0.29, 0.717) is 5.56 Å². The van der Waals surface area contributed by atoms with Gasteiger partial charge in [0.25, 0.3) is 11.8 Å². The number of fused-ring (bicyclic) bond motifs is 1. The monoisotopic (exact) mass is 419 g/mol. The van der Waals surface area contributed by atoms with Crippen LogP contribution in [0.25, 0.3) is 10.8 Å². The highest BCUT2D eigenvalue weighted by Gasteiger charge is 2.15. The number of benzene rings is 3. The van der Waals surface area contributed by atoms with E-state index < -0.39 is 0 Å². The van der Waals surface area contributed by atoms with E-state index in [0.717, 1.165) is 18.8 Å². The number of carbonyl (C=O) groups is 2. The average Bonchev–Trinajstić information content (AvgIpc) is 2.81. The molecule has 0 saturated carbocycles. The molecular formula is C25H31N4O2+. The van der Waals surface area contributed by atoms with Gasteiger partial charge in [-0.25, -0.2) is 0 Å². The fourth-order valence-corrected chi connectivity index (χ4v) is 3.72. The summed E-state index contributed by atoms with van der Waals surface area (Å²) in [4.78, 5) is 26.8. The third kappa shape index (κ3) is 5.61. The van der Waals surface area contributed by atoms with Gasteiger partial charge in [0.05, 0.1) is 0 Å². The first-order chi connectivity index (χ1) is 15.0. The van der Waals surface area contributed by atoms with Crippen LogP contribution in [0.3, 0.4) is 0 Å². The molecule has 0 aliphatic heterocycles. The van der Waals surface area contributed by atoms with Crippen LogP contribution in [0.15, 0.2) is 66.7 Å². The van der Waals surface area contributed by atoms with Crippen LogP contribution in [0, 0.1) is 0 Å². The van der Waals surface area contributed by atoms with Crippen molar-refractivity contribution in [1.29, 1.82) is 0 Å². The van der Waals surface area contributed by atoms with Gasteiger partial charge in [-0.2, -0.15) is 0 Å². The highest BCUT2D eigenvalue weighted by atomic mass is 16.2. The second-order valence-electron chi connectivity index (χ2n) is 7.52. The zero-order valence-corrected chi connectivity index (χ0v) is 18.4. The molecule has 4 N–H and O–H groups in total. The second kappa shape index (κ2) is 10.6. The van der Waals surface area contributed by atoms with Crippen LogP contribution < -0.4 is 21.1 Å². The molecule has 0 unspecified atom stereocenters. The lowest BCUT2D eigenvalue weighted by molar-refractivity contribution is -0.682. The van der Waals surface area contributed by atoms with Gasteiger partial charge < -0.3 is 10.2 Å². The summed E-state index contributed by atoms with van der Waals surface area (Å²) >= 11 is 0. The SMILES string of the molecule is CCN(CC)c1ccc(C(=O)NNC(=O)C[NH2+][C@H](C)c2cccc3ccccc23)cc1. The molecule has 6 heteroatoms. The molecule has 2 amide bonds. The van der Waals surface area contributed by atoms with Gasteiger partial charge in [-0.1, -0.05) is 42.5 Å². The molecule has 0 saturated heterocycles. The molecule has 3 aromatic carbocycles. The van der Waals surface area contributed by atoms with Gasteiger partial charge in [-0.05, 0) is 55.8 Å². The summed E-state index contributed by atoms with van der Waals surface area (Å²) in [5, 5.41) is 4.34. The van der Waals surface area contributed by atoms with Gasteiger partial charge in [-0.15, -0.1) is 0 Å². The van der Waals surface area contributed by atoms with Crippen molar-refractivity contribution in [2.24, 2.45) is 0 Å². The van der Waals surface area contributed by atoms with Crippen molar-refractivity contribution in [2.75, 3.05) is 24.5 Å². The average molecular weight is 420 g/mol. The predicted octanol–water partition coefficient (Wildman–Crippen LogP) is 2.77. The van der Waals surface area contributed by atoms with Gasteiger partial charge in [0, 0.05) is 29.9 Å². The van der Waals surface area contributed by atoms with Gasteiger partial charge in [0.2, 0.25) is 0 Å². The maximum absolute atomic E-state index is 12.3. The number of nitrogens with two attached hydrogens (primary N) is 1. The van der Waals surface area contributed by atoms with E-state index in [1.165, 1.54) is 16.3 Å². The zero-order valence-electron chi connectivity index (χ0n) is 18.4. The van der Waals surface area contributed by atoms with E-state index in [4.69, 9.17) is 0 Å². The van der Waals surface area contributed by atoms with E-state index in [1.807, 2.05) is 35.6 Å². The third-order valence-corrected chi connectivity index (χ3v) is 5.54. The number of hydrogen-bond acceptors (Lipinski definition) is 3. The number of nitrogens with one attached hydrogen (secondary N) is 2. The number of carbonyl (C=O) groups excluding carboxylic acids is 2. The van der Waals surface area contributed by atoms with Crippen molar-refractivity contribution in [3.05, 3.63) is 77.9 Å². The minimum absolute atomic E-state index is 0.111. The molecule has 0 radical (unpaired) electrons. The van der Waals surface area contributed by atoms with E-state index in [1.54, 1.807) is 12.1 Å². The van der Waals surface area contributed by atoms with Crippen LogP contribution in [0.1, 0.15) is 42.7 Å². The Balaban J connectivity index is 1.50. The fourth-order valence-electron chi connectivity index (χ4n) is 3.72. The Kier molecular flexibility index (Phi) is 7.62. The summed E-state index contributed by atoms with van der Waals surface area (Å²) in [5.41, 5.74) is 7.76. The highest BCUT2D eigenvalue weighted by molar-refractivity contribution is 5.95. The number of hydrazine groups is 1. The lowest BCUT2D eigenvalue weighted by atomic mass is 10.00. The van der Waals surface area contributed by atoms with Gasteiger partial charge >= 0.3 is 0 Å². The zero-order chi connectivity index (χ0) is 22.2. The summed E-state index contributed by atoms with van der Waals surface area (Å²) in [6, 6.07) is 21.9. The molecule has 3 rings (SSSR count). The maximum atomic E-state index is 12.3. The first-order valence-corrected chi connectivity index (χ1v) is 10.8. The molecule has 0 heterocycles. The minimum Gasteiger partial charge on any atom is -0.372 e. The summed E-state index contributed by atoms with van der Waals surface area (Å²) in [6.45, 7) is 8.30. The summed E-state index contributed by atoms with van der Waals surface area (Å²) < 4.78 is 0. The number of rotatable bonds is 8. The molecule has 0 bridgehead atoms. The number of amides is 2. The smallest absolute Gasteiger partial charge is 0.293 e. The molecule has 0 aliphatic carbocycles. The molecule has 0 aromatic heterocycles. The summed E-state index contributed by atoms with van der Waals surface area (Å²) in [6.07, 6.45) is 0. The summed E-state index contributed by atoms with van der Waals surface area (Å²) in [5.74, 6) is -0.582. The molecule has 1 atom stereocenters. The molecular weight excluding hydrogens is 388 g/mol. The van der Waals surface area contributed by atoms with Crippen LogP contribution >= 0.6 is 0 Å². The molecule has 31 heavy (non-hydrogen) atoms. The minimum atomic E-state index is -0.332. The lowest BCUT2D eigenvalue weighted by Crippen LogP contribution is -2.87. The predicted molar refractivity (Wildman–Crippen MR) is 125 cm³/mol. The van der Waals surface area contributed by atoms with Gasteiger partial charge in [0.15, 0.2) is 6.54 Å². The Morgan fingerprint density at radius 1 is 0.903 bits per heavy atom. The highest BCUT2D eigenvalue weighted by Crippen LogP contribution is 2.22. The normalized spacial score (nSPS) is 11.7. The van der Waals surface area contributed by atoms with E-state index >= 15 is 0 Å². The number of hydrogen-bond donors (Lipinski definition) is 3. The topological polar surface area (TPSA) is 78.1 Å². The Morgan fingerprint density at radius 2 is 1.58 bits per heavy atom. The van der Waals surface area contributed by atoms with Crippen molar-refractivity contribution in [3.63, 3.8) is 0 Å². The van der Waals surface area contributed by atoms with E-state index in [9.17, 15) is 9.59 Å². The first-order valence-electron chi connectivity index (χ1n) is 10.8. The van der Waals surface area contributed by atoms with E-state index in [-0.39, 0.29) is 24.4 Å². The number of nitrogens with zero attached hydrogens (tertiary/aromatic N) is 1. The molecule has 0 aliphatic rings. The second-order valence-corrected chi connectivity index (χ2v) is 7.52. The van der Waals surface area contributed by atoms with Crippen LogP contribution in [-0.4, -0.2) is 31.4 Å². The molecule has 6 nitrogen and oxygen atoms in total. The Hall–Kier alpha value is -3.38. The van der Waals surface area contributed by atoms with Crippen molar-refractivity contribution in [3.8, 4) is 0 Å². The van der Waals surface area contributed by atoms with Crippen molar-refractivity contribution in [2.45, 2.75) is 26.8 Å². The lowest BCUT2D eigenvalue weighted by Gasteiger charge is -2.21. The molecule has 162 valence electrons. The van der Waals surface area contributed by atoms with Crippen LogP contribution in [0.2, 0.25) is 0 Å². The van der Waals surface area contributed by atoms with Crippen LogP contribution in [0.4, 0.5) is 5.69 Å². The van der Waals surface area contributed by atoms with Crippen LogP contribution in [0.5, 0.6) is 0 Å².